The van der Waals surface area contributed by atoms with Crippen molar-refractivity contribution in [1.82, 2.24) is 5.32 Å². The standard InChI is InChI=1S/C29H36N2O5S/c1-6-35-27-17-10-23(18-28(27)36-7-2)19-30-29(32)20-31(25-13-11-24(12-14-25)21(3)4)37(33,34)26-15-8-22(5)9-16-26/h8-18,21H,6-7,19-20H2,1-5H3,(H,30,32). The monoisotopic (exact) mass is 524 g/mol. The number of carbonyl (C=O) groups excluding carboxylic acids is 1. The highest BCUT2D eigenvalue weighted by atomic mass is 32.2. The molecule has 0 unspecified atom stereocenters. The van der Waals surface area contributed by atoms with E-state index in [1.54, 1.807) is 42.5 Å². The molecule has 0 aliphatic heterocycles. The van der Waals surface area contributed by atoms with Gasteiger partial charge in [-0.2, -0.15) is 0 Å². The average Bonchev–Trinajstić information content (AvgIpc) is 2.88. The van der Waals surface area contributed by atoms with Gasteiger partial charge in [-0.05, 0) is 74.2 Å². The zero-order chi connectivity index (χ0) is 27.0. The van der Waals surface area contributed by atoms with Crippen molar-refractivity contribution in [3.8, 4) is 11.5 Å². The Balaban J connectivity index is 1.83. The fraction of sp³-hybridized carbons (Fsp3) is 0.345. The van der Waals surface area contributed by atoms with Crippen LogP contribution in [0.15, 0.2) is 71.6 Å². The van der Waals surface area contributed by atoms with Gasteiger partial charge in [-0.1, -0.05) is 49.7 Å². The molecule has 0 bridgehead atoms. The second-order valence-corrected chi connectivity index (χ2v) is 10.9. The number of benzene rings is 3. The lowest BCUT2D eigenvalue weighted by molar-refractivity contribution is -0.119. The maximum atomic E-state index is 13.6. The second-order valence-electron chi connectivity index (χ2n) is 8.99. The van der Waals surface area contributed by atoms with Gasteiger partial charge in [-0.15, -0.1) is 0 Å². The summed E-state index contributed by atoms with van der Waals surface area (Å²) in [4.78, 5) is 13.1. The van der Waals surface area contributed by atoms with Gasteiger partial charge in [-0.25, -0.2) is 8.42 Å². The SMILES string of the molecule is CCOc1ccc(CNC(=O)CN(c2ccc(C(C)C)cc2)S(=O)(=O)c2ccc(C)cc2)cc1OCC. The zero-order valence-corrected chi connectivity index (χ0v) is 23.0. The summed E-state index contributed by atoms with van der Waals surface area (Å²) < 4.78 is 39.6. The van der Waals surface area contributed by atoms with Crippen molar-refractivity contribution in [1.29, 1.82) is 0 Å². The third kappa shape index (κ3) is 7.26. The fourth-order valence-electron chi connectivity index (χ4n) is 3.77. The number of amides is 1. The Morgan fingerprint density at radius 3 is 2.11 bits per heavy atom. The number of aryl methyl sites for hydroxylation is 1. The molecule has 3 aromatic carbocycles. The van der Waals surface area contributed by atoms with Crippen LogP contribution in [0.5, 0.6) is 11.5 Å². The Morgan fingerprint density at radius 1 is 0.892 bits per heavy atom. The summed E-state index contributed by atoms with van der Waals surface area (Å²) in [5.41, 5.74) is 3.28. The molecule has 1 amide bonds. The number of ether oxygens (including phenoxy) is 2. The van der Waals surface area contributed by atoms with Gasteiger partial charge in [0.2, 0.25) is 5.91 Å². The van der Waals surface area contributed by atoms with Gasteiger partial charge in [0.15, 0.2) is 11.5 Å². The highest BCUT2D eigenvalue weighted by Crippen LogP contribution is 2.29. The molecule has 37 heavy (non-hydrogen) atoms. The molecule has 0 aromatic heterocycles. The molecule has 0 radical (unpaired) electrons. The number of sulfonamides is 1. The van der Waals surface area contributed by atoms with E-state index < -0.39 is 15.9 Å². The first-order valence-electron chi connectivity index (χ1n) is 12.5. The topological polar surface area (TPSA) is 84.9 Å². The molecule has 0 saturated carbocycles. The summed E-state index contributed by atoms with van der Waals surface area (Å²) in [5, 5.41) is 2.84. The third-order valence-corrected chi connectivity index (χ3v) is 7.63. The van der Waals surface area contributed by atoms with E-state index in [9.17, 15) is 13.2 Å². The van der Waals surface area contributed by atoms with Crippen LogP contribution in [-0.2, 0) is 21.4 Å². The lowest BCUT2D eigenvalue weighted by Crippen LogP contribution is -2.40. The summed E-state index contributed by atoms with van der Waals surface area (Å²) in [7, 11) is -3.97. The van der Waals surface area contributed by atoms with Gasteiger partial charge in [0.1, 0.15) is 6.54 Å². The average molecular weight is 525 g/mol. The van der Waals surface area contributed by atoms with Crippen LogP contribution < -0.4 is 19.1 Å². The lowest BCUT2D eigenvalue weighted by Gasteiger charge is -2.24. The number of rotatable bonds is 12. The van der Waals surface area contributed by atoms with E-state index in [4.69, 9.17) is 9.47 Å². The first-order chi connectivity index (χ1) is 17.6. The van der Waals surface area contributed by atoms with Gasteiger partial charge in [0, 0.05) is 6.54 Å². The number of nitrogens with one attached hydrogen (secondary N) is 1. The van der Waals surface area contributed by atoms with Crippen LogP contribution in [-0.4, -0.2) is 34.1 Å². The van der Waals surface area contributed by atoms with Crippen molar-refractivity contribution < 1.29 is 22.7 Å². The van der Waals surface area contributed by atoms with Crippen molar-refractivity contribution in [3.05, 3.63) is 83.4 Å². The van der Waals surface area contributed by atoms with Crippen LogP contribution in [0, 0.1) is 6.92 Å². The Morgan fingerprint density at radius 2 is 1.51 bits per heavy atom. The summed E-state index contributed by atoms with van der Waals surface area (Å²) >= 11 is 0. The number of carbonyl (C=O) groups is 1. The minimum atomic E-state index is -3.97. The predicted molar refractivity (Wildman–Crippen MR) is 147 cm³/mol. The zero-order valence-electron chi connectivity index (χ0n) is 22.2. The Kier molecular flexibility index (Phi) is 9.58. The smallest absolute Gasteiger partial charge is 0.264 e. The minimum absolute atomic E-state index is 0.131. The summed E-state index contributed by atoms with van der Waals surface area (Å²) in [6.45, 7) is 10.7. The van der Waals surface area contributed by atoms with E-state index in [0.29, 0.717) is 36.3 Å². The molecule has 7 nitrogen and oxygen atoms in total. The van der Waals surface area contributed by atoms with E-state index in [0.717, 1.165) is 21.0 Å². The van der Waals surface area contributed by atoms with Gasteiger partial charge in [-0.3, -0.25) is 9.10 Å². The Labute approximate surface area is 220 Å². The second kappa shape index (κ2) is 12.6. The van der Waals surface area contributed by atoms with Gasteiger partial charge >= 0.3 is 0 Å². The van der Waals surface area contributed by atoms with E-state index in [1.807, 2.05) is 45.0 Å². The van der Waals surface area contributed by atoms with Crippen molar-refractivity contribution in [2.75, 3.05) is 24.1 Å². The van der Waals surface area contributed by atoms with Crippen molar-refractivity contribution >= 4 is 21.6 Å². The maximum Gasteiger partial charge on any atom is 0.264 e. The number of hydrogen-bond donors (Lipinski definition) is 1. The summed E-state index contributed by atoms with van der Waals surface area (Å²) in [5.74, 6) is 1.12. The first-order valence-corrected chi connectivity index (χ1v) is 13.9. The molecule has 3 rings (SSSR count). The van der Waals surface area contributed by atoms with Crippen LogP contribution in [0.1, 0.15) is 50.3 Å². The molecule has 0 aliphatic rings. The van der Waals surface area contributed by atoms with Crippen LogP contribution in [0.25, 0.3) is 0 Å². The molecule has 3 aromatic rings. The first kappa shape index (κ1) is 28.1. The normalized spacial score (nSPS) is 11.3. The Hall–Kier alpha value is -3.52. The molecule has 0 aliphatic carbocycles. The predicted octanol–water partition coefficient (Wildman–Crippen LogP) is 5.43. The van der Waals surface area contributed by atoms with Crippen molar-refractivity contribution in [2.24, 2.45) is 0 Å². The summed E-state index contributed by atoms with van der Waals surface area (Å²) in [6, 6.07) is 19.4. The molecule has 1 N–H and O–H groups in total. The van der Waals surface area contributed by atoms with E-state index >= 15 is 0 Å². The van der Waals surface area contributed by atoms with Crippen molar-refractivity contribution in [2.45, 2.75) is 52.0 Å². The molecule has 0 saturated heterocycles. The van der Waals surface area contributed by atoms with Gasteiger partial charge in [0.05, 0.1) is 23.8 Å². The van der Waals surface area contributed by atoms with E-state index in [2.05, 4.69) is 19.2 Å². The van der Waals surface area contributed by atoms with E-state index in [-0.39, 0.29) is 18.0 Å². The van der Waals surface area contributed by atoms with Crippen LogP contribution in [0.4, 0.5) is 5.69 Å². The largest absolute Gasteiger partial charge is 0.490 e. The molecule has 0 spiro atoms. The number of nitrogens with zero attached hydrogens (tertiary/aromatic N) is 1. The van der Waals surface area contributed by atoms with E-state index in [1.165, 1.54) is 0 Å². The molecule has 0 fully saturated rings. The maximum absolute atomic E-state index is 13.6. The highest BCUT2D eigenvalue weighted by molar-refractivity contribution is 7.92. The van der Waals surface area contributed by atoms with Gasteiger partial charge < -0.3 is 14.8 Å². The Bertz CT molecular complexity index is 1290. The quantitative estimate of drug-likeness (QED) is 0.342. The van der Waals surface area contributed by atoms with Gasteiger partial charge in [0.25, 0.3) is 10.0 Å². The molecular formula is C29H36N2O5S. The third-order valence-electron chi connectivity index (χ3n) is 5.84. The highest BCUT2D eigenvalue weighted by Gasteiger charge is 2.27. The fourth-order valence-corrected chi connectivity index (χ4v) is 5.19. The van der Waals surface area contributed by atoms with Crippen LogP contribution in [0.3, 0.4) is 0 Å². The molecule has 0 atom stereocenters. The molecule has 0 heterocycles. The summed E-state index contributed by atoms with van der Waals surface area (Å²) in [6.07, 6.45) is 0. The van der Waals surface area contributed by atoms with Crippen LogP contribution >= 0.6 is 0 Å². The number of anilines is 1. The van der Waals surface area contributed by atoms with Crippen molar-refractivity contribution in [3.63, 3.8) is 0 Å². The number of hydrogen-bond acceptors (Lipinski definition) is 5. The minimum Gasteiger partial charge on any atom is -0.490 e. The van der Waals surface area contributed by atoms with Crippen LogP contribution in [0.2, 0.25) is 0 Å². The molecular weight excluding hydrogens is 488 g/mol. The molecule has 198 valence electrons. The molecule has 8 heteroatoms. The lowest BCUT2D eigenvalue weighted by atomic mass is 10.0.